The number of aliphatic hydroxyl groups is 1. The lowest BCUT2D eigenvalue weighted by molar-refractivity contribution is -0.166. The molecule has 0 saturated heterocycles. The highest BCUT2D eigenvalue weighted by Gasteiger charge is 2.29. The summed E-state index contributed by atoms with van der Waals surface area (Å²) in [5.41, 5.74) is -0.459. The fourth-order valence-electron chi connectivity index (χ4n) is 1.23. The van der Waals surface area contributed by atoms with Gasteiger partial charge < -0.3 is 14.6 Å². The van der Waals surface area contributed by atoms with Gasteiger partial charge in [-0.15, -0.1) is 0 Å². The zero-order valence-electron chi connectivity index (χ0n) is 8.95. The van der Waals surface area contributed by atoms with Gasteiger partial charge in [-0.3, -0.25) is 0 Å². The zero-order chi connectivity index (χ0) is 10.8. The Morgan fingerprint density at radius 2 is 2.00 bits per heavy atom. The van der Waals surface area contributed by atoms with Crippen molar-refractivity contribution in [1.82, 2.24) is 0 Å². The molecule has 1 aliphatic rings. The van der Waals surface area contributed by atoms with E-state index in [0.717, 1.165) is 0 Å². The van der Waals surface area contributed by atoms with E-state index in [1.807, 2.05) is 20.8 Å². The zero-order valence-corrected chi connectivity index (χ0v) is 8.95. The lowest BCUT2D eigenvalue weighted by atomic mass is 9.92. The molecule has 1 fully saturated rings. The predicted molar refractivity (Wildman–Crippen MR) is 50.8 cm³/mol. The van der Waals surface area contributed by atoms with Crippen molar-refractivity contribution >= 4 is 5.97 Å². The van der Waals surface area contributed by atoms with Gasteiger partial charge in [0.25, 0.3) is 0 Å². The number of hydrogen-bond donors (Lipinski definition) is 1. The van der Waals surface area contributed by atoms with Crippen molar-refractivity contribution in [3.8, 4) is 0 Å². The third kappa shape index (κ3) is 4.07. The van der Waals surface area contributed by atoms with Gasteiger partial charge in [-0.2, -0.15) is 0 Å². The van der Waals surface area contributed by atoms with E-state index >= 15 is 0 Å². The maximum absolute atomic E-state index is 11.2. The first-order valence-electron chi connectivity index (χ1n) is 4.88. The van der Waals surface area contributed by atoms with Crippen molar-refractivity contribution in [2.24, 2.45) is 0 Å². The molecule has 0 aromatic carbocycles. The highest BCUT2D eigenvalue weighted by atomic mass is 16.6. The van der Waals surface area contributed by atoms with Gasteiger partial charge in [-0.1, -0.05) is 0 Å². The molecule has 0 spiro atoms. The van der Waals surface area contributed by atoms with E-state index in [1.54, 1.807) is 0 Å². The Morgan fingerprint density at radius 1 is 1.43 bits per heavy atom. The van der Waals surface area contributed by atoms with E-state index in [0.29, 0.717) is 12.8 Å². The quantitative estimate of drug-likeness (QED) is 0.690. The molecule has 0 amide bonds. The number of esters is 1. The molecule has 0 aromatic heterocycles. The molecule has 0 bridgehead atoms. The maximum Gasteiger partial charge on any atom is 0.332 e. The summed E-state index contributed by atoms with van der Waals surface area (Å²) < 4.78 is 10.3. The lowest BCUT2D eigenvalue weighted by Gasteiger charge is -2.31. The number of rotatable bonds is 3. The molecule has 1 saturated carbocycles. The van der Waals surface area contributed by atoms with Crippen LogP contribution in [0.1, 0.15) is 33.6 Å². The first-order valence-corrected chi connectivity index (χ1v) is 4.88. The highest BCUT2D eigenvalue weighted by molar-refractivity contribution is 5.71. The molecule has 0 aliphatic heterocycles. The molecule has 1 rings (SSSR count). The van der Waals surface area contributed by atoms with Gasteiger partial charge in [0, 0.05) is 0 Å². The predicted octanol–water partition coefficient (Wildman–Crippen LogP) is 0.868. The maximum atomic E-state index is 11.2. The molecule has 0 atom stereocenters. The van der Waals surface area contributed by atoms with Gasteiger partial charge in [0.15, 0.2) is 0 Å². The number of ether oxygens (including phenoxy) is 2. The first kappa shape index (κ1) is 11.5. The molecule has 0 radical (unpaired) electrons. The first-order chi connectivity index (χ1) is 6.37. The van der Waals surface area contributed by atoms with Crippen LogP contribution in [0.4, 0.5) is 0 Å². The molecule has 4 heteroatoms. The molecular formula is C10H18O4. The topological polar surface area (TPSA) is 55.8 Å². The molecule has 4 nitrogen and oxygen atoms in total. The second kappa shape index (κ2) is 4.28. The van der Waals surface area contributed by atoms with Crippen LogP contribution in [0.5, 0.6) is 0 Å². The van der Waals surface area contributed by atoms with Gasteiger partial charge in [0.2, 0.25) is 0 Å². The molecule has 0 heterocycles. The monoisotopic (exact) mass is 202 g/mol. The van der Waals surface area contributed by atoms with Crippen LogP contribution in [-0.2, 0) is 14.3 Å². The van der Waals surface area contributed by atoms with Gasteiger partial charge in [-0.05, 0) is 33.6 Å². The van der Waals surface area contributed by atoms with Crippen molar-refractivity contribution in [2.45, 2.75) is 51.4 Å². The van der Waals surface area contributed by atoms with Crippen LogP contribution >= 0.6 is 0 Å². The van der Waals surface area contributed by atoms with E-state index in [-0.39, 0.29) is 24.8 Å². The van der Waals surface area contributed by atoms with E-state index in [9.17, 15) is 4.79 Å². The van der Waals surface area contributed by atoms with Crippen molar-refractivity contribution in [3.63, 3.8) is 0 Å². The van der Waals surface area contributed by atoms with Gasteiger partial charge in [0.1, 0.15) is 12.2 Å². The standard InChI is InChI=1S/C10H18O4/c1-10(2,3)14-9(12)6-13-8-4-7(11)5-8/h7-8,11H,4-6H2,1-3H3/t7-,8+. The largest absolute Gasteiger partial charge is 0.458 e. The van der Waals surface area contributed by atoms with Gasteiger partial charge >= 0.3 is 5.97 Å². The van der Waals surface area contributed by atoms with Crippen molar-refractivity contribution in [2.75, 3.05) is 6.61 Å². The van der Waals surface area contributed by atoms with Crippen LogP contribution in [0.2, 0.25) is 0 Å². The number of carbonyl (C=O) groups excluding carboxylic acids is 1. The Hall–Kier alpha value is -0.610. The molecule has 82 valence electrons. The summed E-state index contributed by atoms with van der Waals surface area (Å²) in [5.74, 6) is -0.348. The summed E-state index contributed by atoms with van der Waals surface area (Å²) in [4.78, 5) is 11.2. The SMILES string of the molecule is CC(C)(C)OC(=O)CO[C@H]1C[C@@H](O)C1. The molecule has 0 unspecified atom stereocenters. The normalized spacial score (nSPS) is 26.9. The van der Waals surface area contributed by atoms with E-state index in [2.05, 4.69) is 0 Å². The van der Waals surface area contributed by atoms with Gasteiger partial charge in [0.05, 0.1) is 12.2 Å². The molecule has 1 N–H and O–H groups in total. The third-order valence-electron chi connectivity index (χ3n) is 1.93. The average molecular weight is 202 g/mol. The average Bonchev–Trinajstić information content (AvgIpc) is 1.92. The molecular weight excluding hydrogens is 184 g/mol. The van der Waals surface area contributed by atoms with Crippen LogP contribution < -0.4 is 0 Å². The molecule has 0 aromatic rings. The van der Waals surface area contributed by atoms with Crippen molar-refractivity contribution < 1.29 is 19.4 Å². The summed E-state index contributed by atoms with van der Waals surface area (Å²) in [6.07, 6.45) is 1.03. The molecule has 14 heavy (non-hydrogen) atoms. The summed E-state index contributed by atoms with van der Waals surface area (Å²) in [6.45, 7) is 5.43. The molecule has 1 aliphatic carbocycles. The second-order valence-corrected chi connectivity index (χ2v) is 4.64. The minimum absolute atomic E-state index is 0.0192. The summed E-state index contributed by atoms with van der Waals surface area (Å²) >= 11 is 0. The Morgan fingerprint density at radius 3 is 2.43 bits per heavy atom. The smallest absolute Gasteiger partial charge is 0.332 e. The van der Waals surface area contributed by atoms with Crippen LogP contribution in [-0.4, -0.2) is 35.5 Å². The minimum Gasteiger partial charge on any atom is -0.458 e. The van der Waals surface area contributed by atoms with E-state index in [4.69, 9.17) is 14.6 Å². The second-order valence-electron chi connectivity index (χ2n) is 4.64. The lowest BCUT2D eigenvalue weighted by Crippen LogP contribution is -2.37. The summed E-state index contributed by atoms with van der Waals surface area (Å²) in [6, 6.07) is 0. The summed E-state index contributed by atoms with van der Waals surface area (Å²) in [7, 11) is 0. The van der Waals surface area contributed by atoms with Crippen LogP contribution in [0, 0.1) is 0 Å². The fraction of sp³-hybridized carbons (Fsp3) is 0.900. The number of hydrogen-bond acceptors (Lipinski definition) is 4. The fourth-order valence-corrected chi connectivity index (χ4v) is 1.23. The number of carbonyl (C=O) groups is 1. The Kier molecular flexibility index (Phi) is 3.50. The van der Waals surface area contributed by atoms with Gasteiger partial charge in [-0.25, -0.2) is 4.79 Å². The highest BCUT2D eigenvalue weighted by Crippen LogP contribution is 2.22. The Bertz CT molecular complexity index is 201. The number of aliphatic hydroxyl groups excluding tert-OH is 1. The Labute approximate surface area is 84.2 Å². The van der Waals surface area contributed by atoms with E-state index < -0.39 is 5.60 Å². The van der Waals surface area contributed by atoms with Crippen molar-refractivity contribution in [3.05, 3.63) is 0 Å². The van der Waals surface area contributed by atoms with Crippen molar-refractivity contribution in [1.29, 1.82) is 0 Å². The minimum atomic E-state index is -0.459. The van der Waals surface area contributed by atoms with Crippen LogP contribution in [0.15, 0.2) is 0 Å². The van der Waals surface area contributed by atoms with E-state index in [1.165, 1.54) is 0 Å². The van der Waals surface area contributed by atoms with Crippen LogP contribution in [0.3, 0.4) is 0 Å². The Balaban J connectivity index is 2.10. The summed E-state index contributed by atoms with van der Waals surface area (Å²) in [5, 5.41) is 8.97. The van der Waals surface area contributed by atoms with Crippen LogP contribution in [0.25, 0.3) is 0 Å². The third-order valence-corrected chi connectivity index (χ3v) is 1.93.